The second-order valence-corrected chi connectivity index (χ2v) is 15.0. The van der Waals surface area contributed by atoms with Gasteiger partial charge in [0.25, 0.3) is 0 Å². The number of aromatic carboxylic acids is 1. The molecule has 0 unspecified atom stereocenters. The van der Waals surface area contributed by atoms with Gasteiger partial charge in [-0.25, -0.2) is 18.4 Å². The summed E-state index contributed by atoms with van der Waals surface area (Å²) in [5.74, 6) is -0.0577. The quantitative estimate of drug-likeness (QED) is 0.308. The number of nitrogens with zero attached hydrogens (tertiary/aromatic N) is 1. The third-order valence-corrected chi connectivity index (χ3v) is 11.7. The summed E-state index contributed by atoms with van der Waals surface area (Å²) in [6, 6.07) is 10.9. The lowest BCUT2D eigenvalue weighted by atomic mass is 9.70. The summed E-state index contributed by atoms with van der Waals surface area (Å²) in [4.78, 5) is 14.1. The molecule has 0 saturated heterocycles. The van der Waals surface area contributed by atoms with Crippen LogP contribution in [-0.2, 0) is 23.1 Å². The van der Waals surface area contributed by atoms with Crippen LogP contribution in [0.15, 0.2) is 48.6 Å². The van der Waals surface area contributed by atoms with Crippen molar-refractivity contribution in [2.24, 2.45) is 22.4 Å². The maximum Gasteiger partial charge on any atom is 0.335 e. The third-order valence-electron chi connectivity index (χ3n) is 9.90. The number of benzene rings is 2. The minimum absolute atomic E-state index is 0.0678. The van der Waals surface area contributed by atoms with Crippen molar-refractivity contribution in [3.63, 3.8) is 0 Å². The second kappa shape index (κ2) is 13.2. The summed E-state index contributed by atoms with van der Waals surface area (Å²) in [6.07, 6.45) is 10.5. The molecule has 1 aliphatic heterocycles. The number of aliphatic hydroxyl groups is 1. The standard InChI is InChI=1S/C33H43ClN2O6S/c1-33(16-5-8-31(33)43(35,40)41)15-4-7-29(37)27-13-10-24(27)20-36-17-3-2-6-22-18-26(34)12-9-25(22)21-42-30-14-11-23(32(38)39)19-28(30)36/h4,7,9,11-12,14,18-19,24,27,29,31,37H,2-3,5-6,8,10,13,15-17,20-21H2,1H3,(H,38,39)(H2,35,40,41)/b7-4+/t24-,27+,29-,31+,33-/m0/s1. The van der Waals surface area contributed by atoms with E-state index in [1.54, 1.807) is 18.2 Å². The summed E-state index contributed by atoms with van der Waals surface area (Å²) >= 11 is 6.28. The van der Waals surface area contributed by atoms with Crippen LogP contribution in [0.4, 0.5) is 5.69 Å². The number of carboxylic acid groups (broad SMARTS) is 1. The van der Waals surface area contributed by atoms with Gasteiger partial charge in [-0.2, -0.15) is 0 Å². The number of carboxylic acids is 1. The Hall–Kier alpha value is -2.59. The number of nitrogens with two attached hydrogens (primary N) is 1. The highest BCUT2D eigenvalue weighted by Crippen LogP contribution is 2.45. The molecule has 0 aromatic heterocycles. The van der Waals surface area contributed by atoms with Crippen LogP contribution in [-0.4, -0.2) is 49.0 Å². The van der Waals surface area contributed by atoms with E-state index in [9.17, 15) is 23.4 Å². The van der Waals surface area contributed by atoms with E-state index in [-0.39, 0.29) is 17.4 Å². The lowest BCUT2D eigenvalue weighted by Crippen LogP contribution is -2.43. The first-order chi connectivity index (χ1) is 20.4. The Morgan fingerprint density at radius 1 is 1.16 bits per heavy atom. The molecule has 2 aromatic carbocycles. The molecule has 0 radical (unpaired) electrons. The summed E-state index contributed by atoms with van der Waals surface area (Å²) < 4.78 is 30.5. The number of sulfonamides is 1. The van der Waals surface area contributed by atoms with Crippen molar-refractivity contribution in [1.29, 1.82) is 0 Å². The average Bonchev–Trinajstić information content (AvgIpc) is 3.32. The maximum atomic E-state index is 12.1. The van der Waals surface area contributed by atoms with Gasteiger partial charge >= 0.3 is 5.97 Å². The van der Waals surface area contributed by atoms with Crippen LogP contribution in [0.5, 0.6) is 5.75 Å². The Labute approximate surface area is 259 Å². The first-order valence-corrected chi connectivity index (χ1v) is 17.3. The molecular weight excluding hydrogens is 588 g/mol. The van der Waals surface area contributed by atoms with Crippen LogP contribution in [0.25, 0.3) is 0 Å². The highest BCUT2D eigenvalue weighted by atomic mass is 35.5. The summed E-state index contributed by atoms with van der Waals surface area (Å²) in [5.41, 5.74) is 2.79. The molecule has 2 fully saturated rings. The van der Waals surface area contributed by atoms with Gasteiger partial charge in [0.15, 0.2) is 0 Å². The molecule has 2 saturated carbocycles. The van der Waals surface area contributed by atoms with Crippen LogP contribution < -0.4 is 14.8 Å². The Morgan fingerprint density at radius 3 is 2.70 bits per heavy atom. The molecule has 0 bridgehead atoms. The van der Waals surface area contributed by atoms with Crippen molar-refractivity contribution in [1.82, 2.24) is 0 Å². The topological polar surface area (TPSA) is 130 Å². The lowest BCUT2D eigenvalue weighted by Gasteiger charge is -2.42. The molecule has 0 spiro atoms. The molecule has 5 atom stereocenters. The van der Waals surface area contributed by atoms with Crippen molar-refractivity contribution in [3.8, 4) is 5.75 Å². The normalized spacial score (nSPS) is 27.0. The Kier molecular flexibility index (Phi) is 9.76. The molecule has 2 aromatic rings. The average molecular weight is 631 g/mol. The van der Waals surface area contributed by atoms with Crippen molar-refractivity contribution in [2.75, 3.05) is 18.0 Å². The first-order valence-electron chi connectivity index (χ1n) is 15.3. The predicted molar refractivity (Wildman–Crippen MR) is 169 cm³/mol. The minimum atomic E-state index is -3.61. The molecule has 3 aliphatic rings. The van der Waals surface area contributed by atoms with Gasteiger partial charge < -0.3 is 19.8 Å². The molecule has 10 heteroatoms. The van der Waals surface area contributed by atoms with Crippen molar-refractivity contribution < 1.29 is 28.2 Å². The molecule has 2 aliphatic carbocycles. The van der Waals surface area contributed by atoms with E-state index in [2.05, 4.69) is 4.90 Å². The summed E-state index contributed by atoms with van der Waals surface area (Å²) in [6.45, 7) is 3.75. The van der Waals surface area contributed by atoms with E-state index < -0.39 is 32.8 Å². The van der Waals surface area contributed by atoms with Crippen molar-refractivity contribution >= 4 is 33.3 Å². The zero-order valence-corrected chi connectivity index (χ0v) is 26.3. The molecule has 5 rings (SSSR count). The predicted octanol–water partition coefficient (Wildman–Crippen LogP) is 5.94. The van der Waals surface area contributed by atoms with Crippen LogP contribution in [0.1, 0.15) is 79.8 Å². The highest BCUT2D eigenvalue weighted by Gasteiger charge is 2.44. The molecule has 0 amide bonds. The van der Waals surface area contributed by atoms with Gasteiger partial charge in [0.1, 0.15) is 12.4 Å². The number of fused-ring (bicyclic) bond motifs is 2. The molecule has 4 N–H and O–H groups in total. The number of aryl methyl sites for hydroxylation is 1. The Bertz CT molecular complexity index is 1460. The van der Waals surface area contributed by atoms with Gasteiger partial charge in [-0.1, -0.05) is 43.2 Å². The fourth-order valence-corrected chi connectivity index (χ4v) is 8.94. The number of halogens is 1. The fraction of sp³-hybridized carbons (Fsp3) is 0.545. The van der Waals surface area contributed by atoms with E-state index in [0.717, 1.165) is 62.7 Å². The van der Waals surface area contributed by atoms with E-state index in [1.807, 2.05) is 37.3 Å². The fourth-order valence-electron chi connectivity index (χ4n) is 7.24. The van der Waals surface area contributed by atoms with E-state index >= 15 is 0 Å². The Morgan fingerprint density at radius 2 is 1.98 bits per heavy atom. The van der Waals surface area contributed by atoms with E-state index in [1.165, 1.54) is 5.56 Å². The Balaban J connectivity index is 1.31. The van der Waals surface area contributed by atoms with Crippen LogP contribution in [0.2, 0.25) is 5.02 Å². The summed E-state index contributed by atoms with van der Waals surface area (Å²) in [7, 11) is -3.61. The third kappa shape index (κ3) is 7.39. The zero-order valence-electron chi connectivity index (χ0n) is 24.8. The zero-order chi connectivity index (χ0) is 30.8. The number of allylic oxidation sites excluding steroid dienone is 1. The van der Waals surface area contributed by atoms with Gasteiger partial charge in [-0.3, -0.25) is 0 Å². The van der Waals surface area contributed by atoms with Gasteiger partial charge in [0, 0.05) is 18.1 Å². The number of hydrogen-bond donors (Lipinski definition) is 3. The summed E-state index contributed by atoms with van der Waals surface area (Å²) in [5, 5.41) is 26.6. The minimum Gasteiger partial charge on any atom is -0.487 e. The number of carbonyl (C=O) groups is 1. The lowest BCUT2D eigenvalue weighted by molar-refractivity contribution is 0.0460. The van der Waals surface area contributed by atoms with Crippen molar-refractivity contribution in [3.05, 3.63) is 70.3 Å². The number of anilines is 1. The van der Waals surface area contributed by atoms with Gasteiger partial charge in [0.2, 0.25) is 10.0 Å². The number of hydrogen-bond acceptors (Lipinski definition) is 6. The van der Waals surface area contributed by atoms with E-state index in [0.29, 0.717) is 36.8 Å². The van der Waals surface area contributed by atoms with Gasteiger partial charge in [0.05, 0.1) is 22.6 Å². The molecular formula is C33H43ClN2O6S. The van der Waals surface area contributed by atoms with Gasteiger partial charge in [-0.15, -0.1) is 0 Å². The van der Waals surface area contributed by atoms with E-state index in [4.69, 9.17) is 21.5 Å². The second-order valence-electron chi connectivity index (χ2n) is 12.8. The number of aliphatic hydroxyl groups excluding tert-OH is 1. The molecule has 43 heavy (non-hydrogen) atoms. The first kappa shape index (κ1) is 31.8. The van der Waals surface area contributed by atoms with Gasteiger partial charge in [-0.05, 0) is 110 Å². The highest BCUT2D eigenvalue weighted by molar-refractivity contribution is 7.89. The molecule has 8 nitrogen and oxygen atoms in total. The molecule has 234 valence electrons. The monoisotopic (exact) mass is 630 g/mol. The van der Waals surface area contributed by atoms with Crippen molar-refractivity contribution in [2.45, 2.75) is 82.7 Å². The maximum absolute atomic E-state index is 12.1. The van der Waals surface area contributed by atoms with Crippen LogP contribution in [0, 0.1) is 17.3 Å². The number of primary sulfonamides is 1. The molecule has 1 heterocycles. The largest absolute Gasteiger partial charge is 0.487 e. The van der Waals surface area contributed by atoms with Crippen LogP contribution in [0.3, 0.4) is 0 Å². The number of rotatable bonds is 8. The number of ether oxygens (including phenoxy) is 1. The SMILES string of the molecule is C[C@]1(C/C=C/[C@H](O)[C@@H]2CC[C@H]2CN2CCCCc3cc(Cl)ccc3COc3ccc(C(=O)O)cc32)CCC[C@H]1S(N)(=O)=O. The van der Waals surface area contributed by atoms with Crippen LogP contribution >= 0.6 is 11.6 Å². The smallest absolute Gasteiger partial charge is 0.335 e.